The molecule has 0 aliphatic carbocycles. The third kappa shape index (κ3) is 3.27. The van der Waals surface area contributed by atoms with Crippen LogP contribution in [0.1, 0.15) is 5.56 Å². The summed E-state index contributed by atoms with van der Waals surface area (Å²) in [5, 5.41) is 1.52. The molecule has 0 unspecified atom stereocenters. The van der Waals surface area contributed by atoms with E-state index >= 15 is 0 Å². The van der Waals surface area contributed by atoms with E-state index in [2.05, 4.69) is 4.98 Å². The van der Waals surface area contributed by atoms with Gasteiger partial charge in [-0.15, -0.1) is 0 Å². The van der Waals surface area contributed by atoms with Gasteiger partial charge >= 0.3 is 0 Å². The minimum atomic E-state index is 0.470. The van der Waals surface area contributed by atoms with Gasteiger partial charge in [0.1, 0.15) is 6.61 Å². The van der Waals surface area contributed by atoms with Crippen molar-refractivity contribution in [2.24, 2.45) is 0 Å². The first-order chi connectivity index (χ1) is 11.2. The second-order valence-corrected chi connectivity index (χ2v) is 5.49. The lowest BCUT2D eigenvalue weighted by Crippen LogP contribution is -2.13. The van der Waals surface area contributed by atoms with Crippen LogP contribution in [0.25, 0.3) is 10.9 Å². The van der Waals surface area contributed by atoms with Crippen molar-refractivity contribution in [3.8, 4) is 11.5 Å². The highest BCUT2D eigenvalue weighted by molar-refractivity contribution is 6.58. The van der Waals surface area contributed by atoms with E-state index in [1.54, 1.807) is 13.3 Å². The van der Waals surface area contributed by atoms with E-state index in [-0.39, 0.29) is 0 Å². The highest BCUT2D eigenvalue weighted by Crippen LogP contribution is 2.34. The van der Waals surface area contributed by atoms with Gasteiger partial charge in [0, 0.05) is 22.7 Å². The molecule has 0 aliphatic rings. The lowest BCUT2D eigenvalue weighted by molar-refractivity contribution is 0.285. The van der Waals surface area contributed by atoms with E-state index < -0.39 is 0 Å². The number of rotatable bonds is 5. The molecule has 2 aromatic carbocycles. The molecule has 0 atom stereocenters. The van der Waals surface area contributed by atoms with Crippen molar-refractivity contribution >= 4 is 35.2 Å². The smallest absolute Gasteiger partial charge is 0.163 e. The van der Waals surface area contributed by atoms with Gasteiger partial charge in [-0.05, 0) is 11.6 Å². The molecule has 3 rings (SSSR count). The Morgan fingerprint density at radius 2 is 1.91 bits per heavy atom. The molecule has 0 fully saturated rings. The Labute approximate surface area is 141 Å². The summed E-state index contributed by atoms with van der Waals surface area (Å²) in [6.07, 6.45) is 1.76. The van der Waals surface area contributed by atoms with Crippen LogP contribution in [0.5, 0.6) is 11.5 Å². The van der Waals surface area contributed by atoms with Gasteiger partial charge in [-0.1, -0.05) is 54.2 Å². The zero-order valence-electron chi connectivity index (χ0n) is 13.0. The third-order valence-electron chi connectivity index (χ3n) is 3.66. The van der Waals surface area contributed by atoms with Crippen molar-refractivity contribution in [1.82, 2.24) is 4.98 Å². The zero-order chi connectivity index (χ0) is 16.2. The molecular weight excluding hydrogens is 308 g/mol. The molecule has 0 amide bonds. The first kappa shape index (κ1) is 15.7. The summed E-state index contributed by atoms with van der Waals surface area (Å²) in [6.45, 7) is 2.40. The van der Waals surface area contributed by atoms with Crippen molar-refractivity contribution < 1.29 is 9.47 Å². The molecule has 3 nitrogen and oxygen atoms in total. The SMILES string of the molecule is C[B]c1cnc2cc(OCc3ccccc3)c(OC)cc2c1Cl. The van der Waals surface area contributed by atoms with Crippen LogP contribution in [-0.4, -0.2) is 19.4 Å². The lowest BCUT2D eigenvalue weighted by atomic mass is 9.74. The average Bonchev–Trinajstić information content (AvgIpc) is 2.60. The summed E-state index contributed by atoms with van der Waals surface area (Å²) in [5.41, 5.74) is 2.78. The molecule has 23 heavy (non-hydrogen) atoms. The number of methoxy groups -OCH3 is 1. The van der Waals surface area contributed by atoms with Crippen molar-refractivity contribution in [1.29, 1.82) is 0 Å². The Kier molecular flexibility index (Phi) is 4.72. The molecule has 0 saturated carbocycles. The van der Waals surface area contributed by atoms with Crippen LogP contribution in [0.2, 0.25) is 11.8 Å². The first-order valence-corrected chi connectivity index (χ1v) is 7.73. The summed E-state index contributed by atoms with van der Waals surface area (Å²) < 4.78 is 11.4. The first-order valence-electron chi connectivity index (χ1n) is 7.35. The second kappa shape index (κ2) is 6.92. The Morgan fingerprint density at radius 1 is 1.13 bits per heavy atom. The second-order valence-electron chi connectivity index (χ2n) is 5.11. The summed E-state index contributed by atoms with van der Waals surface area (Å²) >= 11 is 6.43. The fourth-order valence-electron chi connectivity index (χ4n) is 2.39. The van der Waals surface area contributed by atoms with Crippen molar-refractivity contribution in [2.45, 2.75) is 13.4 Å². The maximum atomic E-state index is 6.43. The number of fused-ring (bicyclic) bond motifs is 1. The predicted molar refractivity (Wildman–Crippen MR) is 95.3 cm³/mol. The molecule has 0 saturated heterocycles. The van der Waals surface area contributed by atoms with Gasteiger partial charge in [0.2, 0.25) is 0 Å². The van der Waals surface area contributed by atoms with Crippen molar-refractivity contribution in [2.75, 3.05) is 7.11 Å². The molecule has 0 N–H and O–H groups in total. The van der Waals surface area contributed by atoms with Crippen LogP contribution < -0.4 is 14.9 Å². The standard InChI is InChI=1S/C18H16BClNO2/c1-19-14-10-21-15-9-17(16(22-2)8-13(15)18(14)20)23-11-12-6-4-3-5-7-12/h3-10H,11H2,1-2H3. The van der Waals surface area contributed by atoms with E-state index in [1.165, 1.54) is 0 Å². The Morgan fingerprint density at radius 3 is 2.61 bits per heavy atom. The predicted octanol–water partition coefficient (Wildman–Crippen LogP) is 3.85. The van der Waals surface area contributed by atoms with Gasteiger partial charge in [0.05, 0.1) is 12.6 Å². The third-order valence-corrected chi connectivity index (χ3v) is 4.08. The van der Waals surface area contributed by atoms with Crippen LogP contribution in [0.4, 0.5) is 0 Å². The Bertz CT molecular complexity index is 824. The van der Waals surface area contributed by atoms with Crippen LogP contribution in [0, 0.1) is 0 Å². The number of ether oxygens (including phenoxy) is 2. The molecule has 1 heterocycles. The summed E-state index contributed by atoms with van der Waals surface area (Å²) in [5.74, 6) is 1.30. The van der Waals surface area contributed by atoms with Crippen LogP contribution in [-0.2, 0) is 6.61 Å². The molecule has 1 radical (unpaired) electrons. The molecular formula is C18H16BClNO2. The van der Waals surface area contributed by atoms with E-state index in [0.29, 0.717) is 23.1 Å². The number of pyridine rings is 1. The summed E-state index contributed by atoms with van der Waals surface area (Å²) in [6, 6.07) is 13.7. The molecule has 5 heteroatoms. The van der Waals surface area contributed by atoms with Crippen LogP contribution in [0.15, 0.2) is 48.7 Å². The highest BCUT2D eigenvalue weighted by Gasteiger charge is 2.12. The number of benzene rings is 2. The molecule has 3 aromatic rings. The van der Waals surface area contributed by atoms with Gasteiger partial charge in [-0.25, -0.2) is 0 Å². The fourth-order valence-corrected chi connectivity index (χ4v) is 2.70. The summed E-state index contributed by atoms with van der Waals surface area (Å²) in [7, 11) is 3.55. The van der Waals surface area contributed by atoms with Crippen LogP contribution in [0.3, 0.4) is 0 Å². The topological polar surface area (TPSA) is 31.4 Å². The van der Waals surface area contributed by atoms with Gasteiger partial charge in [0.25, 0.3) is 0 Å². The molecule has 0 spiro atoms. The number of hydrogen-bond donors (Lipinski definition) is 0. The monoisotopic (exact) mass is 324 g/mol. The van der Waals surface area contributed by atoms with Crippen molar-refractivity contribution in [3.63, 3.8) is 0 Å². The molecule has 0 aliphatic heterocycles. The minimum Gasteiger partial charge on any atom is -0.493 e. The number of aromatic nitrogens is 1. The lowest BCUT2D eigenvalue weighted by Gasteiger charge is -2.13. The average molecular weight is 325 g/mol. The fraction of sp³-hybridized carbons (Fsp3) is 0.167. The number of hydrogen-bond acceptors (Lipinski definition) is 3. The summed E-state index contributed by atoms with van der Waals surface area (Å²) in [4.78, 5) is 4.45. The van der Waals surface area contributed by atoms with Gasteiger partial charge in [-0.2, -0.15) is 0 Å². The highest BCUT2D eigenvalue weighted by atomic mass is 35.5. The van der Waals surface area contributed by atoms with E-state index in [0.717, 1.165) is 21.9 Å². The van der Waals surface area contributed by atoms with E-state index in [9.17, 15) is 0 Å². The maximum absolute atomic E-state index is 6.43. The van der Waals surface area contributed by atoms with E-state index in [1.807, 2.05) is 56.6 Å². The largest absolute Gasteiger partial charge is 0.493 e. The van der Waals surface area contributed by atoms with Gasteiger partial charge in [0.15, 0.2) is 18.8 Å². The maximum Gasteiger partial charge on any atom is 0.163 e. The van der Waals surface area contributed by atoms with Gasteiger partial charge in [-0.3, -0.25) is 4.98 Å². The Balaban J connectivity index is 1.97. The normalized spacial score (nSPS) is 10.6. The van der Waals surface area contributed by atoms with Gasteiger partial charge < -0.3 is 9.47 Å². The minimum absolute atomic E-state index is 0.470. The van der Waals surface area contributed by atoms with Crippen LogP contribution >= 0.6 is 11.6 Å². The zero-order valence-corrected chi connectivity index (χ0v) is 13.8. The Hall–Kier alpha value is -2.20. The van der Waals surface area contributed by atoms with E-state index in [4.69, 9.17) is 21.1 Å². The molecule has 1 aromatic heterocycles. The number of nitrogens with zero attached hydrogens (tertiary/aromatic N) is 1. The number of halogens is 1. The molecule has 115 valence electrons. The van der Waals surface area contributed by atoms with Crippen molar-refractivity contribution in [3.05, 3.63) is 59.2 Å². The quantitative estimate of drug-likeness (QED) is 0.668. The molecule has 0 bridgehead atoms.